The number of carbonyl (C=O) groups excluding carboxylic acids is 2. The second-order valence-corrected chi connectivity index (χ2v) is 19.5. The van der Waals surface area contributed by atoms with Crippen LogP contribution in [0, 0.1) is 23.7 Å². The zero-order valence-corrected chi connectivity index (χ0v) is 38.5. The van der Waals surface area contributed by atoms with E-state index < -0.39 is 0 Å². The number of rotatable bonds is 12. The number of amidine groups is 1. The Hall–Kier alpha value is -4.40. The lowest BCUT2D eigenvalue weighted by atomic mass is 9.86. The van der Waals surface area contributed by atoms with E-state index in [2.05, 4.69) is 87.2 Å². The number of nitrogens with zero attached hydrogens (tertiary/aromatic N) is 3. The summed E-state index contributed by atoms with van der Waals surface area (Å²) in [5.74, 6) is 4.16. The predicted molar refractivity (Wildman–Crippen MR) is 261 cm³/mol. The Bertz CT molecular complexity index is 2090. The molecule has 3 aromatic rings. The molecule has 63 heavy (non-hydrogen) atoms. The minimum Gasteiger partial charge on any atom is -0.497 e. The van der Waals surface area contributed by atoms with Gasteiger partial charge in [-0.05, 0) is 167 Å². The summed E-state index contributed by atoms with van der Waals surface area (Å²) >= 11 is 7.00. The second kappa shape index (κ2) is 22.5. The maximum Gasteiger partial charge on any atom is 0.136 e. The number of hydrogen-bond donors (Lipinski definition) is 2. The van der Waals surface area contributed by atoms with Crippen molar-refractivity contribution < 1.29 is 14.3 Å². The molecule has 0 spiro atoms. The number of Topliss-reactive ketones (excluding diaryl/α,β-unsaturated/α-hetero) is 2. The number of benzene rings is 3. The van der Waals surface area contributed by atoms with Gasteiger partial charge in [0.2, 0.25) is 0 Å². The molecule has 3 atom stereocenters. The summed E-state index contributed by atoms with van der Waals surface area (Å²) in [5.41, 5.74) is 8.49. The summed E-state index contributed by atoms with van der Waals surface area (Å²) < 4.78 is 5.29. The molecule has 0 bridgehead atoms. The molecule has 1 saturated carbocycles. The van der Waals surface area contributed by atoms with Gasteiger partial charge in [0, 0.05) is 86.4 Å². The van der Waals surface area contributed by atoms with Crippen LogP contribution in [0.15, 0.2) is 95.1 Å². The lowest BCUT2D eigenvalue weighted by Crippen LogP contribution is -2.33. The van der Waals surface area contributed by atoms with E-state index in [0.717, 1.165) is 124 Å². The van der Waals surface area contributed by atoms with E-state index >= 15 is 0 Å². The molecule has 8 rings (SSSR count). The molecule has 0 radical (unpaired) electrons. The number of halogens is 1. The van der Waals surface area contributed by atoms with E-state index in [1.807, 2.05) is 12.1 Å². The van der Waals surface area contributed by atoms with Crippen molar-refractivity contribution in [2.75, 3.05) is 61.5 Å². The average Bonchev–Trinajstić information content (AvgIpc) is 3.52. The van der Waals surface area contributed by atoms with Crippen molar-refractivity contribution in [1.82, 2.24) is 5.32 Å². The molecular weight excluding hydrogens is 802 g/mol. The quantitative estimate of drug-likeness (QED) is 0.187. The number of methoxy groups -OCH3 is 1. The van der Waals surface area contributed by atoms with Crippen LogP contribution in [0.25, 0.3) is 0 Å². The lowest BCUT2D eigenvalue weighted by molar-refractivity contribution is -0.123. The van der Waals surface area contributed by atoms with Gasteiger partial charge in [0.25, 0.3) is 0 Å². The van der Waals surface area contributed by atoms with Crippen molar-refractivity contribution >= 4 is 46.1 Å². The van der Waals surface area contributed by atoms with Crippen LogP contribution < -0.4 is 25.2 Å². The highest BCUT2D eigenvalue weighted by Gasteiger charge is 2.27. The fourth-order valence-corrected chi connectivity index (χ4v) is 11.0. The fourth-order valence-electron chi connectivity index (χ4n) is 10.7. The van der Waals surface area contributed by atoms with Crippen LogP contribution in [-0.2, 0) is 22.4 Å². The molecule has 3 aromatic carbocycles. The van der Waals surface area contributed by atoms with Crippen LogP contribution in [0.5, 0.6) is 5.75 Å². The summed E-state index contributed by atoms with van der Waals surface area (Å²) in [6.45, 7) is 6.29. The first-order valence-corrected chi connectivity index (χ1v) is 24.7. The number of aryl methyl sites for hydroxylation is 1. The maximum absolute atomic E-state index is 13.4. The maximum atomic E-state index is 13.4. The minimum absolute atomic E-state index is 0.0559. The molecule has 0 aromatic heterocycles. The SMILES string of the molecule is COc1ccc(CCC2CCC(=O)CC(Cc3ccc(N4CCCC(CCC5CCN(c6ccc(NC7=NC8=C(/C=C\CC7)CCNC8)cc6)CC5)CC4)cc3Cl)CCC2=O)cc1. The molecule has 2 N–H and O–H groups in total. The highest BCUT2D eigenvalue weighted by Crippen LogP contribution is 2.35. The van der Waals surface area contributed by atoms with Gasteiger partial charge >= 0.3 is 0 Å². The Balaban J connectivity index is 0.753. The van der Waals surface area contributed by atoms with Crippen molar-refractivity contribution in [1.29, 1.82) is 0 Å². The molecule has 4 aliphatic heterocycles. The van der Waals surface area contributed by atoms with E-state index in [9.17, 15) is 9.59 Å². The number of hydrogen-bond acceptors (Lipinski definition) is 8. The molecule has 1 aliphatic carbocycles. The molecule has 9 heteroatoms. The van der Waals surface area contributed by atoms with Gasteiger partial charge in [-0.15, -0.1) is 0 Å². The van der Waals surface area contributed by atoms with E-state index in [1.165, 1.54) is 73.2 Å². The topological polar surface area (TPSA) is 86.3 Å². The Morgan fingerprint density at radius 2 is 1.52 bits per heavy atom. The zero-order chi connectivity index (χ0) is 43.4. The molecule has 5 aliphatic rings. The van der Waals surface area contributed by atoms with E-state index in [4.69, 9.17) is 21.3 Å². The van der Waals surface area contributed by atoms with Gasteiger partial charge in [-0.3, -0.25) is 9.59 Å². The highest BCUT2D eigenvalue weighted by atomic mass is 35.5. The molecule has 4 heterocycles. The summed E-state index contributed by atoms with van der Waals surface area (Å²) in [6, 6.07) is 23.7. The van der Waals surface area contributed by atoms with Crippen molar-refractivity contribution in [2.24, 2.45) is 28.7 Å². The third-order valence-corrected chi connectivity index (χ3v) is 15.1. The predicted octanol–water partition coefficient (Wildman–Crippen LogP) is 11.6. The van der Waals surface area contributed by atoms with E-state index in [0.29, 0.717) is 31.5 Å². The smallest absolute Gasteiger partial charge is 0.136 e. The Kier molecular flexibility index (Phi) is 16.1. The number of ketones is 2. The highest BCUT2D eigenvalue weighted by molar-refractivity contribution is 6.31. The third-order valence-electron chi connectivity index (χ3n) is 14.7. The minimum atomic E-state index is -0.0559. The van der Waals surface area contributed by atoms with E-state index in [1.54, 1.807) is 7.11 Å². The van der Waals surface area contributed by atoms with Crippen LogP contribution in [0.2, 0.25) is 5.02 Å². The number of carbonyl (C=O) groups is 2. The van der Waals surface area contributed by atoms with Crippen molar-refractivity contribution in [3.8, 4) is 5.75 Å². The number of nitrogens with one attached hydrogen (secondary N) is 2. The summed E-state index contributed by atoms with van der Waals surface area (Å²) in [4.78, 5) is 36.6. The number of allylic oxidation sites excluding steroid dienone is 2. The summed E-state index contributed by atoms with van der Waals surface area (Å²) in [6.07, 6.45) is 21.9. The van der Waals surface area contributed by atoms with Gasteiger partial charge in [0.05, 0.1) is 12.8 Å². The number of anilines is 3. The van der Waals surface area contributed by atoms with Gasteiger partial charge in [0.15, 0.2) is 0 Å². The standard InChI is InChI=1S/C54H70ClN5O3/c1-63-50-23-11-40(12-24-50)10-14-44-16-22-49(61)36-42(13-25-53(44)62)35-45-15-19-48(37-51(45)55)59-31-4-5-39(27-32-59)8-9-41-28-33-60(34-29-41)47-20-17-46(18-21-47)57-54-7-3-2-6-43-26-30-56-38-52(43)58-54/h2,6,11-12,15,17-21,23-24,37,39,41-42,44,56H,3-5,7-10,13-14,16,22,25-36,38H2,1H3,(H,57,58)/b6-2-. The zero-order valence-electron chi connectivity index (χ0n) is 37.7. The van der Waals surface area contributed by atoms with Gasteiger partial charge in [0.1, 0.15) is 23.2 Å². The Morgan fingerprint density at radius 3 is 2.29 bits per heavy atom. The summed E-state index contributed by atoms with van der Waals surface area (Å²) in [5, 5.41) is 7.88. The lowest BCUT2D eigenvalue weighted by Gasteiger charge is -2.34. The largest absolute Gasteiger partial charge is 0.497 e. The number of ether oxygens (including phenoxy) is 1. The molecule has 2 saturated heterocycles. The molecule has 3 fully saturated rings. The van der Waals surface area contributed by atoms with E-state index in [-0.39, 0.29) is 17.6 Å². The molecule has 336 valence electrons. The Morgan fingerprint density at radius 1 is 0.778 bits per heavy atom. The third kappa shape index (κ3) is 12.9. The van der Waals surface area contributed by atoms with Gasteiger partial charge in [-0.1, -0.05) is 54.8 Å². The number of piperidine rings is 1. The summed E-state index contributed by atoms with van der Waals surface area (Å²) in [7, 11) is 1.67. The molecular formula is C54H70ClN5O3. The van der Waals surface area contributed by atoms with Crippen LogP contribution in [-0.4, -0.2) is 63.8 Å². The first-order valence-electron chi connectivity index (χ1n) is 24.3. The molecule has 3 unspecified atom stereocenters. The van der Waals surface area contributed by atoms with Crippen LogP contribution in [0.1, 0.15) is 114 Å². The number of aliphatic imine (C=N–C) groups is 1. The monoisotopic (exact) mass is 872 g/mol. The first kappa shape index (κ1) is 45.2. The average molecular weight is 873 g/mol. The molecule has 8 nitrogen and oxygen atoms in total. The van der Waals surface area contributed by atoms with Gasteiger partial charge in [-0.25, -0.2) is 4.99 Å². The van der Waals surface area contributed by atoms with Crippen molar-refractivity contribution in [3.63, 3.8) is 0 Å². The second-order valence-electron chi connectivity index (χ2n) is 19.1. The van der Waals surface area contributed by atoms with Crippen LogP contribution in [0.3, 0.4) is 0 Å². The normalized spacial score (nSPS) is 23.7. The van der Waals surface area contributed by atoms with Crippen molar-refractivity contribution in [3.05, 3.63) is 106 Å². The van der Waals surface area contributed by atoms with Crippen LogP contribution >= 0.6 is 11.6 Å². The van der Waals surface area contributed by atoms with Crippen molar-refractivity contribution in [2.45, 2.75) is 116 Å². The molecule has 0 amide bonds. The van der Waals surface area contributed by atoms with Gasteiger partial charge < -0.3 is 25.2 Å². The first-order chi connectivity index (χ1) is 30.8. The fraction of sp³-hybridized carbons (Fsp3) is 0.537. The Labute approximate surface area is 382 Å². The van der Waals surface area contributed by atoms with Crippen LogP contribution in [0.4, 0.5) is 17.1 Å². The van der Waals surface area contributed by atoms with Gasteiger partial charge in [-0.2, -0.15) is 0 Å².